The van der Waals surface area contributed by atoms with E-state index < -0.39 is 0 Å². The van der Waals surface area contributed by atoms with Gasteiger partial charge in [0.2, 0.25) is 0 Å². The number of nitrogens with zero attached hydrogens (tertiary/aromatic N) is 3. The summed E-state index contributed by atoms with van der Waals surface area (Å²) in [6.07, 6.45) is 7.76. The van der Waals surface area contributed by atoms with E-state index in [0.29, 0.717) is 17.3 Å². The van der Waals surface area contributed by atoms with Crippen molar-refractivity contribution in [1.29, 1.82) is 0 Å². The van der Waals surface area contributed by atoms with Crippen molar-refractivity contribution in [3.8, 4) is 0 Å². The Kier molecular flexibility index (Phi) is 1.83. The molecule has 0 amide bonds. The third-order valence-corrected chi connectivity index (χ3v) is 3.04. The third kappa shape index (κ3) is 1.26. The van der Waals surface area contributed by atoms with E-state index in [4.69, 9.17) is 0 Å². The summed E-state index contributed by atoms with van der Waals surface area (Å²) in [6, 6.07) is 0.308. The predicted octanol–water partition coefficient (Wildman–Crippen LogP) is 1.23. The summed E-state index contributed by atoms with van der Waals surface area (Å²) < 4.78 is 1.76. The number of H-pyrrole nitrogens is 1. The van der Waals surface area contributed by atoms with Crippen LogP contribution in [0, 0.1) is 0 Å². The molecule has 0 saturated heterocycles. The maximum absolute atomic E-state index is 11.8. The van der Waals surface area contributed by atoms with Gasteiger partial charge in [-0.1, -0.05) is 12.8 Å². The molecule has 0 atom stereocenters. The molecule has 0 spiro atoms. The second-order valence-electron chi connectivity index (χ2n) is 3.97. The van der Waals surface area contributed by atoms with Gasteiger partial charge in [-0.05, 0) is 12.8 Å². The first kappa shape index (κ1) is 8.64. The topological polar surface area (TPSA) is 63.6 Å². The van der Waals surface area contributed by atoms with Gasteiger partial charge in [-0.2, -0.15) is 0 Å². The SMILES string of the molecule is O=c1[nH]c2nccnc2n1C1CCCC1. The zero-order valence-corrected chi connectivity index (χ0v) is 8.31. The molecule has 2 aromatic heterocycles. The highest BCUT2D eigenvalue weighted by Crippen LogP contribution is 2.29. The molecule has 2 heterocycles. The zero-order valence-electron chi connectivity index (χ0n) is 8.31. The molecule has 0 unspecified atom stereocenters. The van der Waals surface area contributed by atoms with Gasteiger partial charge in [0.15, 0.2) is 11.3 Å². The number of aromatic amines is 1. The quantitative estimate of drug-likeness (QED) is 0.760. The average molecular weight is 204 g/mol. The predicted molar refractivity (Wildman–Crippen MR) is 55.7 cm³/mol. The molecular weight excluding hydrogens is 192 g/mol. The largest absolute Gasteiger partial charge is 0.329 e. The lowest BCUT2D eigenvalue weighted by atomic mass is 10.2. The second kappa shape index (κ2) is 3.18. The highest BCUT2D eigenvalue weighted by molar-refractivity contribution is 5.64. The smallest absolute Gasteiger partial charge is 0.289 e. The molecule has 1 N–H and O–H groups in total. The van der Waals surface area contributed by atoms with Gasteiger partial charge >= 0.3 is 5.69 Å². The van der Waals surface area contributed by atoms with Crippen LogP contribution in [0.15, 0.2) is 17.2 Å². The molecule has 5 heteroatoms. The molecule has 0 aromatic carbocycles. The molecule has 5 nitrogen and oxygen atoms in total. The maximum Gasteiger partial charge on any atom is 0.329 e. The Hall–Kier alpha value is -1.65. The minimum absolute atomic E-state index is 0.0805. The van der Waals surface area contributed by atoms with Crippen LogP contribution in [0.2, 0.25) is 0 Å². The highest BCUT2D eigenvalue weighted by Gasteiger charge is 2.21. The van der Waals surface area contributed by atoms with Gasteiger partial charge in [0.05, 0.1) is 0 Å². The van der Waals surface area contributed by atoms with Gasteiger partial charge in [-0.25, -0.2) is 14.8 Å². The fourth-order valence-corrected chi connectivity index (χ4v) is 2.35. The first-order chi connectivity index (χ1) is 7.36. The van der Waals surface area contributed by atoms with E-state index in [9.17, 15) is 4.79 Å². The van der Waals surface area contributed by atoms with Crippen molar-refractivity contribution in [2.24, 2.45) is 0 Å². The summed E-state index contributed by atoms with van der Waals surface area (Å²) in [5, 5.41) is 0. The maximum atomic E-state index is 11.8. The van der Waals surface area contributed by atoms with Crippen LogP contribution in [0.5, 0.6) is 0 Å². The summed E-state index contributed by atoms with van der Waals surface area (Å²) in [5.74, 6) is 0. The monoisotopic (exact) mass is 204 g/mol. The number of hydrogen-bond donors (Lipinski definition) is 1. The van der Waals surface area contributed by atoms with Crippen LogP contribution in [-0.2, 0) is 0 Å². The van der Waals surface area contributed by atoms with Crippen molar-refractivity contribution in [3.05, 3.63) is 22.9 Å². The minimum Gasteiger partial charge on any atom is -0.289 e. The fraction of sp³-hybridized carbons (Fsp3) is 0.500. The van der Waals surface area contributed by atoms with E-state index in [2.05, 4.69) is 15.0 Å². The lowest BCUT2D eigenvalue weighted by molar-refractivity contribution is 0.515. The summed E-state index contributed by atoms with van der Waals surface area (Å²) in [6.45, 7) is 0. The molecule has 78 valence electrons. The highest BCUT2D eigenvalue weighted by atomic mass is 16.1. The van der Waals surface area contributed by atoms with Crippen LogP contribution in [0.4, 0.5) is 0 Å². The van der Waals surface area contributed by atoms with Crippen LogP contribution in [-0.4, -0.2) is 19.5 Å². The van der Waals surface area contributed by atoms with Crippen molar-refractivity contribution in [2.75, 3.05) is 0 Å². The molecular formula is C10H12N4O. The Labute approximate surface area is 86.2 Å². The van der Waals surface area contributed by atoms with E-state index in [0.717, 1.165) is 12.8 Å². The molecule has 0 bridgehead atoms. The molecule has 1 aliphatic rings. The molecule has 1 aliphatic carbocycles. The Morgan fingerprint density at radius 2 is 2.00 bits per heavy atom. The Balaban J connectivity index is 2.23. The van der Waals surface area contributed by atoms with Crippen LogP contribution in [0.3, 0.4) is 0 Å². The lowest BCUT2D eigenvalue weighted by Gasteiger charge is -2.09. The average Bonchev–Trinajstić information content (AvgIpc) is 2.82. The van der Waals surface area contributed by atoms with Crippen LogP contribution in [0.25, 0.3) is 11.3 Å². The number of rotatable bonds is 1. The second-order valence-corrected chi connectivity index (χ2v) is 3.97. The Bertz CT molecular complexity index is 536. The molecule has 15 heavy (non-hydrogen) atoms. The molecule has 3 rings (SSSR count). The van der Waals surface area contributed by atoms with E-state index in [1.54, 1.807) is 17.0 Å². The number of fused-ring (bicyclic) bond motifs is 1. The van der Waals surface area contributed by atoms with Crippen molar-refractivity contribution < 1.29 is 0 Å². The van der Waals surface area contributed by atoms with Crippen molar-refractivity contribution in [3.63, 3.8) is 0 Å². The van der Waals surface area contributed by atoms with Crippen LogP contribution < -0.4 is 5.69 Å². The summed E-state index contributed by atoms with van der Waals surface area (Å²) >= 11 is 0. The summed E-state index contributed by atoms with van der Waals surface area (Å²) in [7, 11) is 0. The number of hydrogen-bond acceptors (Lipinski definition) is 3. The van der Waals surface area contributed by atoms with Crippen molar-refractivity contribution in [1.82, 2.24) is 19.5 Å². The van der Waals surface area contributed by atoms with E-state index >= 15 is 0 Å². The van der Waals surface area contributed by atoms with E-state index in [1.165, 1.54) is 12.8 Å². The number of nitrogens with one attached hydrogen (secondary N) is 1. The first-order valence-corrected chi connectivity index (χ1v) is 5.27. The van der Waals surface area contributed by atoms with Gasteiger partial charge in [0, 0.05) is 18.4 Å². The van der Waals surface area contributed by atoms with Crippen molar-refractivity contribution >= 4 is 11.3 Å². The third-order valence-electron chi connectivity index (χ3n) is 3.04. The summed E-state index contributed by atoms with van der Waals surface area (Å²) in [4.78, 5) is 22.8. The minimum atomic E-state index is -0.0805. The molecule has 0 radical (unpaired) electrons. The normalized spacial score (nSPS) is 17.6. The zero-order chi connectivity index (χ0) is 10.3. The lowest BCUT2D eigenvalue weighted by Crippen LogP contribution is -2.20. The van der Waals surface area contributed by atoms with Gasteiger partial charge in [-0.15, -0.1) is 0 Å². The van der Waals surface area contributed by atoms with Gasteiger partial charge in [0.1, 0.15) is 0 Å². The van der Waals surface area contributed by atoms with Crippen molar-refractivity contribution in [2.45, 2.75) is 31.7 Å². The van der Waals surface area contributed by atoms with E-state index in [1.807, 2.05) is 0 Å². The molecule has 1 saturated carbocycles. The van der Waals surface area contributed by atoms with Gasteiger partial charge in [0.25, 0.3) is 0 Å². The Morgan fingerprint density at radius 1 is 1.27 bits per heavy atom. The molecule has 2 aromatic rings. The fourth-order valence-electron chi connectivity index (χ4n) is 2.35. The first-order valence-electron chi connectivity index (χ1n) is 5.27. The Morgan fingerprint density at radius 3 is 2.80 bits per heavy atom. The van der Waals surface area contributed by atoms with Crippen LogP contribution in [0.1, 0.15) is 31.7 Å². The van der Waals surface area contributed by atoms with Gasteiger partial charge in [-0.3, -0.25) is 9.55 Å². The standard InChI is InChI=1S/C10H12N4O/c15-10-13-8-9(12-6-5-11-8)14(10)7-3-1-2-4-7/h5-7H,1-4H2,(H,11,13,15). The van der Waals surface area contributed by atoms with Gasteiger partial charge < -0.3 is 0 Å². The number of aromatic nitrogens is 4. The van der Waals surface area contributed by atoms with E-state index in [-0.39, 0.29) is 5.69 Å². The molecule has 1 fully saturated rings. The summed E-state index contributed by atoms with van der Waals surface area (Å²) in [5.41, 5.74) is 1.20. The molecule has 0 aliphatic heterocycles. The number of imidazole rings is 1. The van der Waals surface area contributed by atoms with Crippen LogP contribution >= 0.6 is 0 Å².